The fourth-order valence-corrected chi connectivity index (χ4v) is 3.90. The van der Waals surface area contributed by atoms with Gasteiger partial charge in [-0.3, -0.25) is 9.48 Å². The third-order valence-electron chi connectivity index (χ3n) is 5.10. The van der Waals surface area contributed by atoms with Crippen LogP contribution in [-0.2, 0) is 29.7 Å². The van der Waals surface area contributed by atoms with Crippen LogP contribution >= 0.6 is 0 Å². The summed E-state index contributed by atoms with van der Waals surface area (Å²) < 4.78 is 1.62. The summed E-state index contributed by atoms with van der Waals surface area (Å²) in [7, 11) is 1.78. The average Bonchev–Trinajstić information content (AvgIpc) is 3.30. The third kappa shape index (κ3) is 2.65. The second kappa shape index (κ2) is 5.91. The zero-order chi connectivity index (χ0) is 17.6. The Kier molecular flexibility index (Phi) is 3.71. The summed E-state index contributed by atoms with van der Waals surface area (Å²) in [6.07, 6.45) is 4.39. The van der Waals surface area contributed by atoms with E-state index in [1.807, 2.05) is 29.2 Å². The van der Waals surface area contributed by atoms with E-state index in [0.29, 0.717) is 31.6 Å². The smallest absolute Gasteiger partial charge is 0.326 e. The molecule has 2 aliphatic rings. The zero-order valence-electron chi connectivity index (χ0n) is 14.0. The van der Waals surface area contributed by atoms with Crippen LogP contribution in [0.1, 0.15) is 24.0 Å². The molecule has 1 aromatic heterocycles. The standard InChI is InChI=1S/C18H20N4O3/c1-20-11-14(8-19-20)22-15(6-7-16(22)18(24)25)17(23)21-9-12-4-2-3-5-13(12)10-21/h2-5,8,11,15-16H,6-7,9-10H2,1H3,(H,24,25). The highest BCUT2D eigenvalue weighted by atomic mass is 16.4. The molecule has 1 saturated heterocycles. The van der Waals surface area contributed by atoms with Crippen molar-refractivity contribution in [2.45, 2.75) is 38.0 Å². The first-order valence-electron chi connectivity index (χ1n) is 8.40. The molecule has 4 rings (SSSR count). The number of benzene rings is 1. The number of amides is 1. The molecule has 25 heavy (non-hydrogen) atoms. The minimum absolute atomic E-state index is 0.0104. The number of fused-ring (bicyclic) bond motifs is 1. The Morgan fingerprint density at radius 2 is 1.76 bits per heavy atom. The van der Waals surface area contributed by atoms with Gasteiger partial charge >= 0.3 is 5.97 Å². The predicted molar refractivity (Wildman–Crippen MR) is 90.8 cm³/mol. The number of aryl methyl sites for hydroxylation is 1. The number of aliphatic carboxylic acids is 1. The molecule has 7 nitrogen and oxygen atoms in total. The first-order chi connectivity index (χ1) is 12.0. The van der Waals surface area contributed by atoms with Gasteiger partial charge in [-0.1, -0.05) is 24.3 Å². The van der Waals surface area contributed by atoms with Crippen LogP contribution in [0.15, 0.2) is 36.7 Å². The summed E-state index contributed by atoms with van der Waals surface area (Å²) in [5.74, 6) is -0.910. The second-order valence-electron chi connectivity index (χ2n) is 6.69. The van der Waals surface area contributed by atoms with E-state index < -0.39 is 18.1 Å². The highest BCUT2D eigenvalue weighted by Crippen LogP contribution is 2.33. The van der Waals surface area contributed by atoms with Gasteiger partial charge in [0, 0.05) is 26.3 Å². The highest BCUT2D eigenvalue weighted by molar-refractivity contribution is 5.90. The van der Waals surface area contributed by atoms with E-state index in [1.165, 1.54) is 0 Å². The van der Waals surface area contributed by atoms with E-state index in [9.17, 15) is 14.7 Å². The maximum Gasteiger partial charge on any atom is 0.326 e. The van der Waals surface area contributed by atoms with Gasteiger partial charge in [-0.25, -0.2) is 4.79 Å². The van der Waals surface area contributed by atoms with Crippen molar-refractivity contribution in [3.8, 4) is 0 Å². The van der Waals surface area contributed by atoms with Crippen LogP contribution < -0.4 is 4.90 Å². The summed E-state index contributed by atoms with van der Waals surface area (Å²) in [5.41, 5.74) is 3.01. The van der Waals surface area contributed by atoms with Crippen molar-refractivity contribution >= 4 is 17.6 Å². The SMILES string of the molecule is Cn1cc(N2C(C(=O)O)CCC2C(=O)N2Cc3ccccc3C2)cn1. The monoisotopic (exact) mass is 340 g/mol. The molecule has 1 fully saturated rings. The summed E-state index contributed by atoms with van der Waals surface area (Å²) in [5, 5.41) is 13.7. The van der Waals surface area contributed by atoms with Gasteiger partial charge in [-0.2, -0.15) is 5.10 Å². The first kappa shape index (κ1) is 15.7. The first-order valence-corrected chi connectivity index (χ1v) is 8.40. The molecule has 130 valence electrons. The molecule has 3 heterocycles. The van der Waals surface area contributed by atoms with Crippen molar-refractivity contribution in [3.05, 3.63) is 47.8 Å². The largest absolute Gasteiger partial charge is 0.480 e. The van der Waals surface area contributed by atoms with Crippen molar-refractivity contribution < 1.29 is 14.7 Å². The molecule has 0 spiro atoms. The van der Waals surface area contributed by atoms with E-state index in [4.69, 9.17) is 0 Å². The molecule has 0 saturated carbocycles. The Hall–Kier alpha value is -2.83. The molecule has 1 amide bonds. The number of hydrogen-bond donors (Lipinski definition) is 1. The topological polar surface area (TPSA) is 78.7 Å². The van der Waals surface area contributed by atoms with Crippen molar-refractivity contribution in [3.63, 3.8) is 0 Å². The molecular formula is C18H20N4O3. The lowest BCUT2D eigenvalue weighted by molar-refractivity contribution is -0.138. The highest BCUT2D eigenvalue weighted by Gasteiger charge is 2.44. The van der Waals surface area contributed by atoms with E-state index in [1.54, 1.807) is 29.0 Å². The minimum atomic E-state index is -0.899. The average molecular weight is 340 g/mol. The summed E-state index contributed by atoms with van der Waals surface area (Å²) in [4.78, 5) is 28.4. The summed E-state index contributed by atoms with van der Waals surface area (Å²) >= 11 is 0. The summed E-state index contributed by atoms with van der Waals surface area (Å²) in [6.45, 7) is 1.17. The number of hydrogen-bond acceptors (Lipinski definition) is 4. The van der Waals surface area contributed by atoms with Crippen LogP contribution in [0, 0.1) is 0 Å². The molecule has 0 radical (unpaired) electrons. The Morgan fingerprint density at radius 1 is 1.12 bits per heavy atom. The van der Waals surface area contributed by atoms with Gasteiger partial charge in [0.15, 0.2) is 0 Å². The van der Waals surface area contributed by atoms with Crippen LogP contribution in [0.5, 0.6) is 0 Å². The van der Waals surface area contributed by atoms with Crippen LogP contribution in [0.3, 0.4) is 0 Å². The number of aromatic nitrogens is 2. The fraction of sp³-hybridized carbons (Fsp3) is 0.389. The molecule has 7 heteroatoms. The molecular weight excluding hydrogens is 320 g/mol. The molecule has 0 aliphatic carbocycles. The van der Waals surface area contributed by atoms with Gasteiger partial charge in [-0.15, -0.1) is 0 Å². The Labute approximate surface area is 145 Å². The normalized spacial score (nSPS) is 22.3. The Balaban J connectivity index is 1.60. The number of carbonyl (C=O) groups excluding carboxylic acids is 1. The van der Waals surface area contributed by atoms with Crippen LogP contribution in [0.4, 0.5) is 5.69 Å². The number of nitrogens with zero attached hydrogens (tertiary/aromatic N) is 4. The van der Waals surface area contributed by atoms with Crippen molar-refractivity contribution in [2.75, 3.05) is 4.90 Å². The predicted octanol–water partition coefficient (Wildman–Crippen LogP) is 1.38. The summed E-state index contributed by atoms with van der Waals surface area (Å²) in [6, 6.07) is 6.88. The van der Waals surface area contributed by atoms with Gasteiger partial charge in [0.1, 0.15) is 12.1 Å². The van der Waals surface area contributed by atoms with Crippen molar-refractivity contribution in [1.82, 2.24) is 14.7 Å². The van der Waals surface area contributed by atoms with Crippen LogP contribution in [0.25, 0.3) is 0 Å². The Bertz CT molecular complexity index is 806. The lowest BCUT2D eigenvalue weighted by atomic mass is 10.1. The van der Waals surface area contributed by atoms with Crippen molar-refractivity contribution in [1.29, 1.82) is 0 Å². The van der Waals surface area contributed by atoms with Crippen LogP contribution in [-0.4, -0.2) is 43.7 Å². The van der Waals surface area contributed by atoms with Crippen molar-refractivity contribution in [2.24, 2.45) is 7.05 Å². The molecule has 2 aromatic rings. The molecule has 0 bridgehead atoms. The van der Waals surface area contributed by atoms with E-state index in [-0.39, 0.29) is 5.91 Å². The number of carbonyl (C=O) groups is 2. The zero-order valence-corrected chi connectivity index (χ0v) is 14.0. The third-order valence-corrected chi connectivity index (χ3v) is 5.10. The van der Waals surface area contributed by atoms with Gasteiger partial charge < -0.3 is 14.9 Å². The molecule has 2 aliphatic heterocycles. The molecule has 1 N–H and O–H groups in total. The number of anilines is 1. The number of carboxylic acid groups (broad SMARTS) is 1. The fourth-order valence-electron chi connectivity index (χ4n) is 3.90. The van der Waals surface area contributed by atoms with Gasteiger partial charge in [0.05, 0.1) is 11.9 Å². The molecule has 1 aromatic carbocycles. The van der Waals surface area contributed by atoms with E-state index in [0.717, 1.165) is 11.1 Å². The lowest BCUT2D eigenvalue weighted by Crippen LogP contribution is -2.48. The molecule has 2 atom stereocenters. The maximum absolute atomic E-state index is 13.1. The Morgan fingerprint density at radius 3 is 2.32 bits per heavy atom. The van der Waals surface area contributed by atoms with Crippen LogP contribution in [0.2, 0.25) is 0 Å². The quantitative estimate of drug-likeness (QED) is 0.913. The second-order valence-corrected chi connectivity index (χ2v) is 6.69. The number of rotatable bonds is 3. The number of carboxylic acids is 1. The van der Waals surface area contributed by atoms with Gasteiger partial charge in [0.2, 0.25) is 5.91 Å². The molecule has 2 unspecified atom stereocenters. The lowest BCUT2D eigenvalue weighted by Gasteiger charge is -2.30. The van der Waals surface area contributed by atoms with E-state index >= 15 is 0 Å². The van der Waals surface area contributed by atoms with E-state index in [2.05, 4.69) is 5.10 Å². The maximum atomic E-state index is 13.1. The van der Waals surface area contributed by atoms with Gasteiger partial charge in [-0.05, 0) is 24.0 Å². The van der Waals surface area contributed by atoms with Gasteiger partial charge in [0.25, 0.3) is 0 Å². The minimum Gasteiger partial charge on any atom is -0.480 e.